The number of rotatable bonds is 7. The fraction of sp³-hybridized carbons (Fsp3) is 0.682. The van der Waals surface area contributed by atoms with Crippen LogP contribution in [0, 0.1) is 12.8 Å². The standard InChI is InChI=1S/C22H34N2O3/c1-18-4-6-19(7-5-18)16-24-12-10-22(11-13-24)20(9-15-27-22)8-14-26-17-21(25)23(2)3/h4-7,20H,8-17H2,1-3H3. The first-order valence-electron chi connectivity index (χ1n) is 10.2. The molecule has 3 rings (SSSR count). The first-order chi connectivity index (χ1) is 13.0. The molecule has 1 aromatic carbocycles. The number of hydrogen-bond donors (Lipinski definition) is 0. The number of ether oxygens (including phenoxy) is 2. The van der Waals surface area contributed by atoms with Crippen LogP contribution in [0.3, 0.4) is 0 Å². The summed E-state index contributed by atoms with van der Waals surface area (Å²) in [6, 6.07) is 8.86. The van der Waals surface area contributed by atoms with Gasteiger partial charge >= 0.3 is 0 Å². The molecule has 27 heavy (non-hydrogen) atoms. The fourth-order valence-corrected chi connectivity index (χ4v) is 4.30. The number of likely N-dealkylation sites (N-methyl/N-ethyl adjacent to an activating group) is 1. The van der Waals surface area contributed by atoms with E-state index in [9.17, 15) is 4.79 Å². The molecule has 2 fully saturated rings. The maximum absolute atomic E-state index is 11.6. The summed E-state index contributed by atoms with van der Waals surface area (Å²) in [5.41, 5.74) is 2.73. The maximum Gasteiger partial charge on any atom is 0.248 e. The molecular formula is C22H34N2O3. The Labute approximate surface area is 163 Å². The number of aryl methyl sites for hydroxylation is 1. The van der Waals surface area contributed by atoms with Crippen LogP contribution in [0.15, 0.2) is 24.3 Å². The number of amides is 1. The number of likely N-dealkylation sites (tertiary alicyclic amines) is 1. The molecule has 1 amide bonds. The van der Waals surface area contributed by atoms with Gasteiger partial charge in [0.05, 0.1) is 5.60 Å². The Morgan fingerprint density at radius 1 is 1.26 bits per heavy atom. The Kier molecular flexibility index (Phi) is 6.90. The number of carbonyl (C=O) groups is 1. The molecule has 1 aromatic rings. The predicted molar refractivity (Wildman–Crippen MR) is 107 cm³/mol. The van der Waals surface area contributed by atoms with Gasteiger partial charge in [0.15, 0.2) is 0 Å². The van der Waals surface area contributed by atoms with E-state index in [4.69, 9.17) is 9.47 Å². The minimum Gasteiger partial charge on any atom is -0.375 e. The molecule has 0 aromatic heterocycles. The van der Waals surface area contributed by atoms with E-state index in [0.717, 1.165) is 51.9 Å². The molecule has 0 N–H and O–H groups in total. The van der Waals surface area contributed by atoms with Crippen molar-refractivity contribution in [3.8, 4) is 0 Å². The van der Waals surface area contributed by atoms with Crippen molar-refractivity contribution < 1.29 is 14.3 Å². The zero-order valence-corrected chi connectivity index (χ0v) is 17.1. The summed E-state index contributed by atoms with van der Waals surface area (Å²) in [5.74, 6) is 0.574. The third-order valence-corrected chi connectivity index (χ3v) is 6.16. The van der Waals surface area contributed by atoms with Crippen LogP contribution in [-0.2, 0) is 20.8 Å². The lowest BCUT2D eigenvalue weighted by molar-refractivity contribution is -0.133. The summed E-state index contributed by atoms with van der Waals surface area (Å²) in [7, 11) is 3.52. The fourth-order valence-electron chi connectivity index (χ4n) is 4.30. The SMILES string of the molecule is Cc1ccc(CN2CCC3(CC2)OCCC3CCOCC(=O)N(C)C)cc1. The monoisotopic (exact) mass is 374 g/mol. The highest BCUT2D eigenvalue weighted by Gasteiger charge is 2.45. The van der Waals surface area contributed by atoms with E-state index < -0.39 is 0 Å². The number of carbonyl (C=O) groups excluding carboxylic acids is 1. The topological polar surface area (TPSA) is 42.0 Å². The van der Waals surface area contributed by atoms with Gasteiger partial charge in [-0.25, -0.2) is 0 Å². The van der Waals surface area contributed by atoms with E-state index in [0.29, 0.717) is 12.5 Å². The van der Waals surface area contributed by atoms with Gasteiger partial charge in [-0.05, 0) is 44.1 Å². The molecule has 2 heterocycles. The molecule has 2 aliphatic heterocycles. The van der Waals surface area contributed by atoms with Gasteiger partial charge < -0.3 is 14.4 Å². The third kappa shape index (κ3) is 5.31. The van der Waals surface area contributed by atoms with Gasteiger partial charge in [-0.15, -0.1) is 0 Å². The third-order valence-electron chi connectivity index (χ3n) is 6.16. The van der Waals surface area contributed by atoms with E-state index in [1.807, 2.05) is 0 Å². The molecule has 0 bridgehead atoms. The molecular weight excluding hydrogens is 340 g/mol. The summed E-state index contributed by atoms with van der Waals surface area (Å²) in [6.07, 6.45) is 4.29. The normalized spacial score (nSPS) is 22.3. The Morgan fingerprint density at radius 3 is 2.63 bits per heavy atom. The highest BCUT2D eigenvalue weighted by molar-refractivity contribution is 5.76. The van der Waals surface area contributed by atoms with Gasteiger partial charge in [0, 0.05) is 46.9 Å². The highest BCUT2D eigenvalue weighted by Crippen LogP contribution is 2.42. The van der Waals surface area contributed by atoms with E-state index >= 15 is 0 Å². The summed E-state index contributed by atoms with van der Waals surface area (Å²) in [5, 5.41) is 0. The van der Waals surface area contributed by atoms with Crippen molar-refractivity contribution in [2.75, 3.05) is 47.0 Å². The molecule has 2 saturated heterocycles. The molecule has 1 unspecified atom stereocenters. The van der Waals surface area contributed by atoms with Crippen LogP contribution in [0.25, 0.3) is 0 Å². The Bertz CT molecular complexity index is 606. The van der Waals surface area contributed by atoms with Gasteiger partial charge in [-0.2, -0.15) is 0 Å². The highest BCUT2D eigenvalue weighted by atomic mass is 16.5. The van der Waals surface area contributed by atoms with Crippen molar-refractivity contribution in [3.63, 3.8) is 0 Å². The van der Waals surface area contributed by atoms with Crippen LogP contribution in [0.1, 0.15) is 36.8 Å². The van der Waals surface area contributed by atoms with Gasteiger partial charge in [0.25, 0.3) is 0 Å². The summed E-state index contributed by atoms with van der Waals surface area (Å²) in [6.45, 7) is 7.01. The van der Waals surface area contributed by atoms with Gasteiger partial charge in [-0.3, -0.25) is 9.69 Å². The van der Waals surface area contributed by atoms with Crippen LogP contribution in [0.5, 0.6) is 0 Å². The van der Waals surface area contributed by atoms with Crippen molar-refractivity contribution in [2.45, 2.75) is 44.8 Å². The average molecular weight is 375 g/mol. The molecule has 0 saturated carbocycles. The van der Waals surface area contributed by atoms with Crippen LogP contribution in [-0.4, -0.2) is 68.3 Å². The molecule has 1 spiro atoms. The van der Waals surface area contributed by atoms with Crippen LogP contribution in [0.2, 0.25) is 0 Å². The molecule has 150 valence electrons. The molecule has 0 radical (unpaired) electrons. The second kappa shape index (κ2) is 9.18. The zero-order chi connectivity index (χ0) is 19.3. The van der Waals surface area contributed by atoms with Crippen LogP contribution in [0.4, 0.5) is 0 Å². The molecule has 0 aliphatic carbocycles. The second-order valence-corrected chi connectivity index (χ2v) is 8.29. The van der Waals surface area contributed by atoms with Crippen molar-refractivity contribution in [2.24, 2.45) is 5.92 Å². The van der Waals surface area contributed by atoms with Gasteiger partial charge in [-0.1, -0.05) is 29.8 Å². The molecule has 5 nitrogen and oxygen atoms in total. The van der Waals surface area contributed by atoms with Crippen LogP contribution >= 0.6 is 0 Å². The zero-order valence-electron chi connectivity index (χ0n) is 17.1. The van der Waals surface area contributed by atoms with Crippen molar-refractivity contribution in [1.82, 2.24) is 9.80 Å². The van der Waals surface area contributed by atoms with Gasteiger partial charge in [0.1, 0.15) is 6.61 Å². The van der Waals surface area contributed by atoms with E-state index in [1.165, 1.54) is 11.1 Å². The minimum absolute atomic E-state index is 0.0248. The smallest absolute Gasteiger partial charge is 0.248 e. The average Bonchev–Trinajstić information content (AvgIpc) is 3.04. The number of nitrogens with zero attached hydrogens (tertiary/aromatic N) is 2. The lowest BCUT2D eigenvalue weighted by Crippen LogP contribution is -2.47. The molecule has 5 heteroatoms. The number of benzene rings is 1. The van der Waals surface area contributed by atoms with Crippen molar-refractivity contribution >= 4 is 5.91 Å². The first-order valence-corrected chi connectivity index (χ1v) is 10.2. The first kappa shape index (κ1) is 20.3. The van der Waals surface area contributed by atoms with E-state index in [2.05, 4.69) is 36.1 Å². The lowest BCUT2D eigenvalue weighted by atomic mass is 9.78. The second-order valence-electron chi connectivity index (χ2n) is 8.29. The quantitative estimate of drug-likeness (QED) is 0.688. The van der Waals surface area contributed by atoms with Crippen LogP contribution < -0.4 is 0 Å². The summed E-state index contributed by atoms with van der Waals surface area (Å²) < 4.78 is 11.9. The largest absolute Gasteiger partial charge is 0.375 e. The Hall–Kier alpha value is -1.43. The summed E-state index contributed by atoms with van der Waals surface area (Å²) >= 11 is 0. The predicted octanol–water partition coefficient (Wildman–Crippen LogP) is 2.86. The number of piperidine rings is 1. The Balaban J connectivity index is 1.44. The van der Waals surface area contributed by atoms with Crippen molar-refractivity contribution in [1.29, 1.82) is 0 Å². The molecule has 2 aliphatic rings. The van der Waals surface area contributed by atoms with E-state index in [1.54, 1.807) is 19.0 Å². The van der Waals surface area contributed by atoms with Crippen molar-refractivity contribution in [3.05, 3.63) is 35.4 Å². The summed E-state index contributed by atoms with van der Waals surface area (Å²) in [4.78, 5) is 15.7. The minimum atomic E-state index is 0.0248. The Morgan fingerprint density at radius 2 is 1.96 bits per heavy atom. The molecule has 1 atom stereocenters. The maximum atomic E-state index is 11.6. The number of hydrogen-bond acceptors (Lipinski definition) is 4. The van der Waals surface area contributed by atoms with E-state index in [-0.39, 0.29) is 18.1 Å². The van der Waals surface area contributed by atoms with Gasteiger partial charge in [0.2, 0.25) is 5.91 Å². The lowest BCUT2D eigenvalue weighted by Gasteiger charge is -2.42.